The number of unbranched alkanes of at least 4 members (excludes halogenated alkanes) is 1. The van der Waals surface area contributed by atoms with Crippen molar-refractivity contribution in [3.05, 3.63) is 53.3 Å². The highest BCUT2D eigenvalue weighted by atomic mass is 16.2. The first-order valence-electron chi connectivity index (χ1n) is 9.91. The summed E-state index contributed by atoms with van der Waals surface area (Å²) in [6.07, 6.45) is 3.84. The van der Waals surface area contributed by atoms with Crippen molar-refractivity contribution in [3.63, 3.8) is 0 Å². The third-order valence-corrected chi connectivity index (χ3v) is 5.40. The van der Waals surface area contributed by atoms with Gasteiger partial charge in [0.1, 0.15) is 0 Å². The Morgan fingerprint density at radius 3 is 2.59 bits per heavy atom. The molecule has 0 aliphatic carbocycles. The third kappa shape index (κ3) is 3.95. The van der Waals surface area contributed by atoms with Crippen LogP contribution in [0.4, 0.5) is 5.95 Å². The molecule has 2 aliphatic heterocycles. The maximum absolute atomic E-state index is 12.4. The molecule has 2 aromatic rings. The van der Waals surface area contributed by atoms with Crippen LogP contribution in [0.3, 0.4) is 0 Å². The van der Waals surface area contributed by atoms with Crippen molar-refractivity contribution in [2.75, 3.05) is 37.6 Å². The van der Waals surface area contributed by atoms with Gasteiger partial charge >= 0.3 is 0 Å². The minimum atomic E-state index is 0.0812. The summed E-state index contributed by atoms with van der Waals surface area (Å²) in [6.45, 7) is 8.38. The number of aromatic nitrogens is 2. The molecule has 0 spiro atoms. The number of anilines is 1. The minimum absolute atomic E-state index is 0.0812. The number of hydrogen-bond acceptors (Lipinski definition) is 5. The van der Waals surface area contributed by atoms with Gasteiger partial charge in [-0.05, 0) is 12.0 Å². The van der Waals surface area contributed by atoms with Crippen LogP contribution in [0.1, 0.15) is 41.4 Å². The number of hydrogen-bond donors (Lipinski definition) is 0. The average molecular weight is 365 g/mol. The summed E-state index contributed by atoms with van der Waals surface area (Å²) in [5, 5.41) is 0. The molecule has 2 aliphatic rings. The SMILES string of the molecule is CCCCN1Cc2nc(N3CCN(Cc4ccccc4)CC3)ncc2C1=O. The van der Waals surface area contributed by atoms with Gasteiger partial charge in [0.2, 0.25) is 5.95 Å². The van der Waals surface area contributed by atoms with E-state index in [2.05, 4.69) is 52.0 Å². The van der Waals surface area contributed by atoms with Crippen LogP contribution in [0.25, 0.3) is 0 Å². The fraction of sp³-hybridized carbons (Fsp3) is 0.476. The van der Waals surface area contributed by atoms with E-state index in [1.807, 2.05) is 4.90 Å². The number of benzene rings is 1. The first-order chi connectivity index (χ1) is 13.2. The molecule has 27 heavy (non-hydrogen) atoms. The topological polar surface area (TPSA) is 52.6 Å². The predicted molar refractivity (Wildman–Crippen MR) is 106 cm³/mol. The van der Waals surface area contributed by atoms with Crippen molar-refractivity contribution in [3.8, 4) is 0 Å². The maximum atomic E-state index is 12.4. The number of carbonyl (C=O) groups is 1. The van der Waals surface area contributed by atoms with Crippen LogP contribution in [0.2, 0.25) is 0 Å². The Kier molecular flexibility index (Phi) is 5.34. The lowest BCUT2D eigenvalue weighted by atomic mass is 10.2. The Hall–Kier alpha value is -2.47. The fourth-order valence-electron chi connectivity index (χ4n) is 3.76. The molecule has 1 aromatic carbocycles. The van der Waals surface area contributed by atoms with E-state index in [1.165, 1.54) is 5.56 Å². The zero-order valence-corrected chi connectivity index (χ0v) is 16.0. The number of fused-ring (bicyclic) bond motifs is 1. The quantitative estimate of drug-likeness (QED) is 0.787. The first-order valence-corrected chi connectivity index (χ1v) is 9.91. The maximum Gasteiger partial charge on any atom is 0.257 e. The van der Waals surface area contributed by atoms with Crippen molar-refractivity contribution in [1.29, 1.82) is 0 Å². The minimum Gasteiger partial charge on any atom is -0.338 e. The monoisotopic (exact) mass is 365 g/mol. The smallest absolute Gasteiger partial charge is 0.257 e. The molecule has 1 aromatic heterocycles. The van der Waals surface area contributed by atoms with Crippen LogP contribution in [-0.4, -0.2) is 58.4 Å². The largest absolute Gasteiger partial charge is 0.338 e. The van der Waals surface area contributed by atoms with Crippen LogP contribution >= 0.6 is 0 Å². The second-order valence-corrected chi connectivity index (χ2v) is 7.36. The van der Waals surface area contributed by atoms with Gasteiger partial charge in [-0.15, -0.1) is 0 Å². The fourth-order valence-corrected chi connectivity index (χ4v) is 3.76. The van der Waals surface area contributed by atoms with Crippen LogP contribution in [-0.2, 0) is 13.1 Å². The molecule has 6 nitrogen and oxygen atoms in total. The Balaban J connectivity index is 1.37. The second-order valence-electron chi connectivity index (χ2n) is 7.36. The van der Waals surface area contributed by atoms with Crippen molar-refractivity contribution in [1.82, 2.24) is 19.8 Å². The molecule has 4 rings (SSSR count). The summed E-state index contributed by atoms with van der Waals surface area (Å²) in [7, 11) is 0. The van der Waals surface area contributed by atoms with E-state index >= 15 is 0 Å². The van der Waals surface area contributed by atoms with Crippen molar-refractivity contribution in [2.24, 2.45) is 0 Å². The van der Waals surface area contributed by atoms with Gasteiger partial charge in [0, 0.05) is 45.5 Å². The molecule has 1 fully saturated rings. The molecular formula is C21H27N5O. The molecule has 0 radical (unpaired) electrons. The lowest BCUT2D eigenvalue weighted by Crippen LogP contribution is -2.46. The highest BCUT2D eigenvalue weighted by molar-refractivity contribution is 5.97. The number of nitrogens with zero attached hydrogens (tertiary/aromatic N) is 5. The van der Waals surface area contributed by atoms with Crippen LogP contribution in [0, 0.1) is 0 Å². The molecule has 3 heterocycles. The van der Waals surface area contributed by atoms with Gasteiger partial charge in [0.25, 0.3) is 5.91 Å². The summed E-state index contributed by atoms with van der Waals surface area (Å²) in [5.41, 5.74) is 2.91. The molecule has 6 heteroatoms. The Morgan fingerprint density at radius 1 is 1.07 bits per heavy atom. The van der Waals surface area contributed by atoms with Crippen LogP contribution < -0.4 is 4.90 Å². The molecule has 0 unspecified atom stereocenters. The Bertz CT molecular complexity index is 786. The lowest BCUT2D eigenvalue weighted by Gasteiger charge is -2.34. The standard InChI is InChI=1S/C21H27N5O/c1-2-3-9-26-16-19-18(20(26)27)14-22-21(23-19)25-12-10-24(11-13-25)15-17-7-5-4-6-8-17/h4-8,14H,2-3,9-13,15-16H2,1H3. The molecule has 142 valence electrons. The van der Waals surface area contributed by atoms with Gasteiger partial charge in [0.15, 0.2) is 0 Å². The zero-order chi connectivity index (χ0) is 18.6. The summed E-state index contributed by atoms with van der Waals surface area (Å²) >= 11 is 0. The van der Waals surface area contributed by atoms with Crippen LogP contribution in [0.5, 0.6) is 0 Å². The van der Waals surface area contributed by atoms with Gasteiger partial charge in [-0.25, -0.2) is 9.97 Å². The Labute approximate surface area is 160 Å². The summed E-state index contributed by atoms with van der Waals surface area (Å²) in [5.74, 6) is 0.843. The van der Waals surface area contributed by atoms with E-state index in [4.69, 9.17) is 4.98 Å². The highest BCUT2D eigenvalue weighted by Crippen LogP contribution is 2.23. The van der Waals surface area contributed by atoms with E-state index in [0.29, 0.717) is 12.1 Å². The molecular weight excluding hydrogens is 338 g/mol. The molecule has 0 saturated carbocycles. The van der Waals surface area contributed by atoms with Gasteiger partial charge in [-0.3, -0.25) is 9.69 Å². The van der Waals surface area contributed by atoms with Crippen LogP contribution in [0.15, 0.2) is 36.5 Å². The molecule has 0 atom stereocenters. The highest BCUT2D eigenvalue weighted by Gasteiger charge is 2.30. The van der Waals surface area contributed by atoms with E-state index < -0.39 is 0 Å². The summed E-state index contributed by atoms with van der Waals surface area (Å²) in [6, 6.07) is 10.6. The van der Waals surface area contributed by atoms with Gasteiger partial charge in [-0.1, -0.05) is 43.7 Å². The van der Waals surface area contributed by atoms with E-state index in [0.717, 1.165) is 63.8 Å². The van der Waals surface area contributed by atoms with Crippen molar-refractivity contribution >= 4 is 11.9 Å². The lowest BCUT2D eigenvalue weighted by molar-refractivity contribution is 0.0776. The van der Waals surface area contributed by atoms with Gasteiger partial charge in [-0.2, -0.15) is 0 Å². The number of carbonyl (C=O) groups excluding carboxylic acids is 1. The number of piperazine rings is 1. The molecule has 0 N–H and O–H groups in total. The van der Waals surface area contributed by atoms with Crippen molar-refractivity contribution < 1.29 is 4.79 Å². The van der Waals surface area contributed by atoms with Gasteiger partial charge < -0.3 is 9.80 Å². The normalized spacial score (nSPS) is 17.4. The summed E-state index contributed by atoms with van der Waals surface area (Å²) in [4.78, 5) is 28.3. The zero-order valence-electron chi connectivity index (χ0n) is 16.0. The molecule has 0 bridgehead atoms. The number of amides is 1. The van der Waals surface area contributed by atoms with E-state index in [-0.39, 0.29) is 5.91 Å². The van der Waals surface area contributed by atoms with E-state index in [1.54, 1.807) is 6.20 Å². The summed E-state index contributed by atoms with van der Waals surface area (Å²) < 4.78 is 0. The van der Waals surface area contributed by atoms with E-state index in [9.17, 15) is 4.79 Å². The first kappa shape index (κ1) is 17.9. The van der Waals surface area contributed by atoms with Gasteiger partial charge in [0.05, 0.1) is 17.8 Å². The van der Waals surface area contributed by atoms with Crippen molar-refractivity contribution in [2.45, 2.75) is 32.9 Å². The Morgan fingerprint density at radius 2 is 1.85 bits per heavy atom. The second kappa shape index (κ2) is 8.05. The number of rotatable bonds is 6. The predicted octanol–water partition coefficient (Wildman–Crippen LogP) is 2.55. The molecule has 1 amide bonds. The molecule has 1 saturated heterocycles. The average Bonchev–Trinajstić information content (AvgIpc) is 3.03. The third-order valence-electron chi connectivity index (χ3n) is 5.40.